The van der Waals surface area contributed by atoms with Crippen molar-refractivity contribution in [2.45, 2.75) is 14.7 Å². The van der Waals surface area contributed by atoms with Crippen LogP contribution in [-0.2, 0) is 10.0 Å². The second-order valence-electron chi connectivity index (χ2n) is 5.18. The first-order chi connectivity index (χ1) is 11.5. The predicted molar refractivity (Wildman–Crippen MR) is 111 cm³/mol. The first-order valence-electron chi connectivity index (χ1n) is 7.25. The number of pyridine rings is 1. The maximum absolute atomic E-state index is 12.9. The Labute approximate surface area is 179 Å². The fourth-order valence-electron chi connectivity index (χ4n) is 2.38. The second kappa shape index (κ2) is 10.3. The third-order valence-electron chi connectivity index (χ3n) is 3.50. The van der Waals surface area contributed by atoms with Crippen molar-refractivity contribution in [3.05, 3.63) is 46.7 Å². The van der Waals surface area contributed by atoms with Gasteiger partial charge >= 0.3 is 0 Å². The third-order valence-corrected chi connectivity index (χ3v) is 7.04. The average Bonchev–Trinajstić information content (AvgIpc) is 2.55. The standard InChI is InChI=1S/C15H15Cl2N3O2S2.2ClH/c16-11-7-12(17)9-13(8-11)23-14-1-2-19-10-15(14)24(21,22)20-5-3-18-4-6-20;;/h1-2,7-10,18H,3-6H2;2*1H. The largest absolute Gasteiger partial charge is 0.314 e. The molecule has 2 aromatic rings. The molecule has 0 radical (unpaired) electrons. The zero-order valence-corrected chi connectivity index (χ0v) is 18.2. The van der Waals surface area contributed by atoms with E-state index in [1.807, 2.05) is 0 Å². The van der Waals surface area contributed by atoms with Crippen LogP contribution in [0.5, 0.6) is 0 Å². The molecule has 1 N–H and O–H groups in total. The normalized spacial score (nSPS) is 15.0. The highest BCUT2D eigenvalue weighted by Gasteiger charge is 2.28. The minimum atomic E-state index is -3.59. The topological polar surface area (TPSA) is 62.3 Å². The van der Waals surface area contributed by atoms with Gasteiger partial charge in [0.25, 0.3) is 0 Å². The van der Waals surface area contributed by atoms with Crippen molar-refractivity contribution >= 4 is 69.8 Å². The third kappa shape index (κ3) is 5.62. The molecule has 1 aromatic heterocycles. The highest BCUT2D eigenvalue weighted by molar-refractivity contribution is 8.00. The van der Waals surface area contributed by atoms with E-state index in [0.717, 1.165) is 4.90 Å². The summed E-state index contributed by atoms with van der Waals surface area (Å²) >= 11 is 13.4. The quantitative estimate of drug-likeness (QED) is 0.723. The Hall–Kier alpha value is -0.250. The van der Waals surface area contributed by atoms with E-state index in [4.69, 9.17) is 23.2 Å². The summed E-state index contributed by atoms with van der Waals surface area (Å²) in [5.74, 6) is 0. The van der Waals surface area contributed by atoms with Crippen LogP contribution in [0.1, 0.15) is 0 Å². The number of hydrogen-bond acceptors (Lipinski definition) is 5. The summed E-state index contributed by atoms with van der Waals surface area (Å²) in [6.45, 7) is 2.19. The van der Waals surface area contributed by atoms with Gasteiger partial charge in [0.1, 0.15) is 4.90 Å². The van der Waals surface area contributed by atoms with E-state index in [2.05, 4.69) is 10.3 Å². The molecule has 1 saturated heterocycles. The van der Waals surface area contributed by atoms with E-state index in [0.29, 0.717) is 41.1 Å². The van der Waals surface area contributed by atoms with Gasteiger partial charge in [-0.2, -0.15) is 4.31 Å². The summed E-state index contributed by atoms with van der Waals surface area (Å²) in [6.07, 6.45) is 2.97. The van der Waals surface area contributed by atoms with Crippen LogP contribution in [0, 0.1) is 0 Å². The molecule has 0 unspecified atom stereocenters. The summed E-state index contributed by atoms with van der Waals surface area (Å²) in [4.78, 5) is 5.57. The van der Waals surface area contributed by atoms with Gasteiger partial charge in [-0.05, 0) is 24.3 Å². The molecule has 1 aliphatic rings. The van der Waals surface area contributed by atoms with Gasteiger partial charge in [0.15, 0.2) is 0 Å². The minimum absolute atomic E-state index is 0. The van der Waals surface area contributed by atoms with Gasteiger partial charge in [0.2, 0.25) is 10.0 Å². The van der Waals surface area contributed by atoms with Crippen molar-refractivity contribution < 1.29 is 8.42 Å². The van der Waals surface area contributed by atoms with Crippen LogP contribution >= 0.6 is 59.8 Å². The molecule has 3 rings (SSSR count). The lowest BCUT2D eigenvalue weighted by molar-refractivity contribution is 0.359. The molecule has 144 valence electrons. The summed E-state index contributed by atoms with van der Waals surface area (Å²) in [5.41, 5.74) is 0. The average molecular weight is 477 g/mol. The fourth-order valence-corrected chi connectivity index (χ4v) is 5.85. The van der Waals surface area contributed by atoms with Gasteiger partial charge < -0.3 is 5.32 Å². The fraction of sp³-hybridized carbons (Fsp3) is 0.267. The molecular weight excluding hydrogens is 460 g/mol. The van der Waals surface area contributed by atoms with Crippen LogP contribution in [0.25, 0.3) is 0 Å². The predicted octanol–water partition coefficient (Wildman–Crippen LogP) is 3.98. The Bertz CT molecular complexity index is 826. The highest BCUT2D eigenvalue weighted by atomic mass is 35.5. The van der Waals surface area contributed by atoms with Gasteiger partial charge in [-0.3, -0.25) is 4.98 Å². The van der Waals surface area contributed by atoms with Crippen molar-refractivity contribution in [3.63, 3.8) is 0 Å². The molecule has 1 fully saturated rings. The number of hydrogen-bond donors (Lipinski definition) is 1. The molecule has 0 amide bonds. The summed E-state index contributed by atoms with van der Waals surface area (Å²) in [6, 6.07) is 6.83. The van der Waals surface area contributed by atoms with Crippen molar-refractivity contribution in [2.75, 3.05) is 26.2 Å². The van der Waals surface area contributed by atoms with Gasteiger partial charge in [0.05, 0.1) is 0 Å². The molecule has 0 bridgehead atoms. The van der Waals surface area contributed by atoms with Gasteiger partial charge in [-0.1, -0.05) is 35.0 Å². The number of piperazine rings is 1. The number of aromatic nitrogens is 1. The Kier molecular flexibility index (Phi) is 9.46. The number of halogens is 4. The number of rotatable bonds is 4. The van der Waals surface area contributed by atoms with Crippen LogP contribution in [0.4, 0.5) is 0 Å². The van der Waals surface area contributed by atoms with Crippen LogP contribution in [0.3, 0.4) is 0 Å². The van der Waals surface area contributed by atoms with Crippen LogP contribution in [-0.4, -0.2) is 43.9 Å². The van der Waals surface area contributed by atoms with Crippen molar-refractivity contribution in [2.24, 2.45) is 0 Å². The summed E-state index contributed by atoms with van der Waals surface area (Å²) in [7, 11) is -3.59. The van der Waals surface area contributed by atoms with E-state index in [9.17, 15) is 8.42 Å². The molecule has 26 heavy (non-hydrogen) atoms. The van der Waals surface area contributed by atoms with Crippen LogP contribution in [0.15, 0.2) is 51.3 Å². The number of nitrogens with zero attached hydrogens (tertiary/aromatic N) is 2. The first-order valence-corrected chi connectivity index (χ1v) is 10.3. The summed E-state index contributed by atoms with van der Waals surface area (Å²) < 4.78 is 27.3. The minimum Gasteiger partial charge on any atom is -0.314 e. The lowest BCUT2D eigenvalue weighted by atomic mass is 10.4. The molecule has 5 nitrogen and oxygen atoms in total. The lowest BCUT2D eigenvalue weighted by Crippen LogP contribution is -2.46. The van der Waals surface area contributed by atoms with E-state index in [-0.39, 0.29) is 29.7 Å². The molecule has 1 aliphatic heterocycles. The Morgan fingerprint density at radius 2 is 1.69 bits per heavy atom. The Balaban J connectivity index is 0.00000169. The molecule has 0 spiro atoms. The highest BCUT2D eigenvalue weighted by Crippen LogP contribution is 2.36. The molecule has 0 aliphatic carbocycles. The molecule has 1 aromatic carbocycles. The monoisotopic (exact) mass is 475 g/mol. The zero-order chi connectivity index (χ0) is 17.2. The zero-order valence-electron chi connectivity index (χ0n) is 13.4. The smallest absolute Gasteiger partial charge is 0.245 e. The van der Waals surface area contributed by atoms with Crippen molar-refractivity contribution in [1.29, 1.82) is 0 Å². The first kappa shape index (κ1) is 23.8. The number of nitrogens with one attached hydrogen (secondary N) is 1. The maximum atomic E-state index is 12.9. The van der Waals surface area contributed by atoms with Crippen LogP contribution < -0.4 is 5.32 Å². The summed E-state index contributed by atoms with van der Waals surface area (Å²) in [5, 5.41) is 4.16. The molecular formula is C15H17Cl4N3O2S2. The van der Waals surface area contributed by atoms with E-state index in [1.54, 1.807) is 30.5 Å². The molecule has 2 heterocycles. The Morgan fingerprint density at radius 3 is 2.31 bits per heavy atom. The molecule has 0 saturated carbocycles. The maximum Gasteiger partial charge on any atom is 0.245 e. The number of benzene rings is 1. The SMILES string of the molecule is Cl.Cl.O=S(=O)(c1cnccc1Sc1cc(Cl)cc(Cl)c1)N1CCNCC1. The number of sulfonamides is 1. The Morgan fingerprint density at radius 1 is 1.08 bits per heavy atom. The van der Waals surface area contributed by atoms with Gasteiger partial charge in [0, 0.05) is 58.4 Å². The second-order valence-corrected chi connectivity index (χ2v) is 9.08. The lowest BCUT2D eigenvalue weighted by Gasteiger charge is -2.27. The van der Waals surface area contributed by atoms with Crippen LogP contribution in [0.2, 0.25) is 10.0 Å². The van der Waals surface area contributed by atoms with E-state index < -0.39 is 10.0 Å². The van der Waals surface area contributed by atoms with Gasteiger partial charge in [-0.15, -0.1) is 24.8 Å². The molecule has 0 atom stereocenters. The van der Waals surface area contributed by atoms with Crippen molar-refractivity contribution in [3.8, 4) is 0 Å². The van der Waals surface area contributed by atoms with Gasteiger partial charge in [-0.25, -0.2) is 8.42 Å². The molecule has 11 heteroatoms. The van der Waals surface area contributed by atoms with E-state index in [1.165, 1.54) is 22.3 Å². The van der Waals surface area contributed by atoms with E-state index >= 15 is 0 Å². The van der Waals surface area contributed by atoms with Crippen molar-refractivity contribution in [1.82, 2.24) is 14.6 Å².